The number of halogens is 3. The summed E-state index contributed by atoms with van der Waals surface area (Å²) in [6, 6.07) is 4.09. The molecular weight excluding hydrogens is 444 g/mol. The van der Waals surface area contributed by atoms with Gasteiger partial charge >= 0.3 is 0 Å². The van der Waals surface area contributed by atoms with Gasteiger partial charge < -0.3 is 14.2 Å². The molecule has 0 unspecified atom stereocenters. The Balaban J connectivity index is 2.33. The first-order chi connectivity index (χ1) is 9.19. The maximum atomic E-state index is 5.75. The van der Waals surface area contributed by atoms with E-state index >= 15 is 0 Å². The number of methoxy groups -OCH3 is 1. The molecule has 0 aliphatic heterocycles. The Hall–Kier alpha value is 0.380. The Morgan fingerprint density at radius 3 is 2.26 bits per heavy atom. The molecular formula is C13H17Br3O3. The standard InChI is InChI=1S/C13H17Br3O3/c1-17-5-6-18-3-2-4-19-13-11(15)7-10(9-14)8-12(13)16/h7-8H,2-6,9H2,1H3. The van der Waals surface area contributed by atoms with Gasteiger partial charge in [0.05, 0.1) is 28.8 Å². The van der Waals surface area contributed by atoms with Crippen LogP contribution in [0.4, 0.5) is 0 Å². The molecule has 0 saturated carbocycles. The highest BCUT2D eigenvalue weighted by Crippen LogP contribution is 2.35. The Morgan fingerprint density at radius 2 is 1.68 bits per heavy atom. The van der Waals surface area contributed by atoms with Gasteiger partial charge in [0.15, 0.2) is 0 Å². The van der Waals surface area contributed by atoms with Crippen LogP contribution in [0.2, 0.25) is 0 Å². The lowest BCUT2D eigenvalue weighted by Gasteiger charge is -2.11. The van der Waals surface area contributed by atoms with Gasteiger partial charge in [0.25, 0.3) is 0 Å². The largest absolute Gasteiger partial charge is 0.491 e. The van der Waals surface area contributed by atoms with Gasteiger partial charge in [-0.1, -0.05) is 15.9 Å². The van der Waals surface area contributed by atoms with E-state index in [4.69, 9.17) is 14.2 Å². The number of alkyl halides is 1. The third kappa shape index (κ3) is 6.58. The molecule has 1 aromatic carbocycles. The van der Waals surface area contributed by atoms with Gasteiger partial charge in [-0.2, -0.15) is 0 Å². The van der Waals surface area contributed by atoms with E-state index in [1.54, 1.807) is 7.11 Å². The maximum absolute atomic E-state index is 5.75. The predicted molar refractivity (Wildman–Crippen MR) is 87.3 cm³/mol. The Kier molecular flexibility index (Phi) is 9.32. The molecule has 0 bridgehead atoms. The monoisotopic (exact) mass is 458 g/mol. The molecule has 0 N–H and O–H groups in total. The zero-order chi connectivity index (χ0) is 14.1. The van der Waals surface area contributed by atoms with E-state index in [0.717, 1.165) is 26.4 Å². The Morgan fingerprint density at radius 1 is 1.00 bits per heavy atom. The molecule has 0 aromatic heterocycles. The Labute approximate surface area is 139 Å². The van der Waals surface area contributed by atoms with Crippen LogP contribution in [-0.2, 0) is 14.8 Å². The smallest absolute Gasteiger partial charge is 0.147 e. The van der Waals surface area contributed by atoms with Crippen molar-refractivity contribution in [1.29, 1.82) is 0 Å². The molecule has 0 spiro atoms. The maximum Gasteiger partial charge on any atom is 0.147 e. The number of ether oxygens (including phenoxy) is 3. The summed E-state index contributed by atoms with van der Waals surface area (Å²) in [5, 5.41) is 0.817. The summed E-state index contributed by atoms with van der Waals surface area (Å²) in [4.78, 5) is 0. The molecule has 19 heavy (non-hydrogen) atoms. The second kappa shape index (κ2) is 10.2. The van der Waals surface area contributed by atoms with Gasteiger partial charge in [0.1, 0.15) is 5.75 Å². The SMILES string of the molecule is COCCOCCCOc1c(Br)cc(CBr)cc1Br. The first-order valence-electron chi connectivity index (χ1n) is 5.92. The number of hydrogen-bond donors (Lipinski definition) is 0. The van der Waals surface area contributed by atoms with Crippen molar-refractivity contribution in [1.82, 2.24) is 0 Å². The van der Waals surface area contributed by atoms with Gasteiger partial charge in [-0.25, -0.2) is 0 Å². The molecule has 1 rings (SSSR count). The molecule has 3 nitrogen and oxygen atoms in total. The number of hydrogen-bond acceptors (Lipinski definition) is 3. The first-order valence-corrected chi connectivity index (χ1v) is 8.63. The van der Waals surface area contributed by atoms with E-state index in [2.05, 4.69) is 47.8 Å². The van der Waals surface area contributed by atoms with Crippen LogP contribution >= 0.6 is 47.8 Å². The fourth-order valence-corrected chi connectivity index (χ4v) is 3.24. The van der Waals surface area contributed by atoms with E-state index in [9.17, 15) is 0 Å². The van der Waals surface area contributed by atoms with Gasteiger partial charge in [-0.05, 0) is 49.6 Å². The molecule has 1 aromatic rings. The summed E-state index contributed by atoms with van der Waals surface area (Å²) in [5.74, 6) is 0.835. The molecule has 0 amide bonds. The normalized spacial score (nSPS) is 10.7. The average Bonchev–Trinajstić information content (AvgIpc) is 2.40. The summed E-state index contributed by atoms with van der Waals surface area (Å²) >= 11 is 10.5. The molecule has 0 fully saturated rings. The molecule has 6 heteroatoms. The quantitative estimate of drug-likeness (QED) is 0.400. The van der Waals surface area contributed by atoms with E-state index in [1.165, 1.54) is 5.56 Å². The second-order valence-electron chi connectivity index (χ2n) is 3.83. The van der Waals surface area contributed by atoms with Crippen LogP contribution in [0.1, 0.15) is 12.0 Å². The molecule has 0 heterocycles. The van der Waals surface area contributed by atoms with Gasteiger partial charge in [0, 0.05) is 25.5 Å². The highest BCUT2D eigenvalue weighted by atomic mass is 79.9. The number of benzene rings is 1. The zero-order valence-electron chi connectivity index (χ0n) is 10.8. The summed E-state index contributed by atoms with van der Waals surface area (Å²) in [5.41, 5.74) is 1.19. The zero-order valence-corrected chi connectivity index (χ0v) is 15.5. The molecule has 0 aliphatic rings. The van der Waals surface area contributed by atoms with Crippen LogP contribution in [0.5, 0.6) is 5.75 Å². The van der Waals surface area contributed by atoms with E-state index in [0.29, 0.717) is 26.4 Å². The van der Waals surface area contributed by atoms with E-state index in [1.807, 2.05) is 12.1 Å². The summed E-state index contributed by atoms with van der Waals surface area (Å²) in [6.07, 6.45) is 0.850. The van der Waals surface area contributed by atoms with Crippen LogP contribution < -0.4 is 4.74 Å². The number of rotatable bonds is 9. The third-order valence-corrected chi connectivity index (χ3v) is 4.15. The predicted octanol–water partition coefficient (Wildman–Crippen LogP) is 4.54. The van der Waals surface area contributed by atoms with Crippen molar-refractivity contribution < 1.29 is 14.2 Å². The summed E-state index contributed by atoms with van der Waals surface area (Å²) in [7, 11) is 1.66. The van der Waals surface area contributed by atoms with Crippen molar-refractivity contribution in [2.75, 3.05) is 33.5 Å². The van der Waals surface area contributed by atoms with Crippen molar-refractivity contribution in [3.63, 3.8) is 0 Å². The first kappa shape index (κ1) is 17.4. The minimum atomic E-state index is 0.623. The van der Waals surface area contributed by atoms with Crippen molar-refractivity contribution in [3.05, 3.63) is 26.6 Å². The van der Waals surface area contributed by atoms with Gasteiger partial charge in [-0.3, -0.25) is 0 Å². The Bertz CT molecular complexity index is 362. The van der Waals surface area contributed by atoms with Gasteiger partial charge in [-0.15, -0.1) is 0 Å². The molecule has 0 aliphatic carbocycles. The van der Waals surface area contributed by atoms with Crippen LogP contribution in [-0.4, -0.2) is 33.5 Å². The molecule has 0 saturated heterocycles. The molecule has 108 valence electrons. The summed E-state index contributed by atoms with van der Waals surface area (Å²) in [6.45, 7) is 2.56. The average molecular weight is 461 g/mol. The van der Waals surface area contributed by atoms with E-state index in [-0.39, 0.29) is 0 Å². The van der Waals surface area contributed by atoms with Crippen LogP contribution in [0.3, 0.4) is 0 Å². The minimum Gasteiger partial charge on any atom is -0.491 e. The fraction of sp³-hybridized carbons (Fsp3) is 0.538. The summed E-state index contributed by atoms with van der Waals surface area (Å²) < 4.78 is 17.9. The topological polar surface area (TPSA) is 27.7 Å². The van der Waals surface area contributed by atoms with Crippen LogP contribution in [0, 0.1) is 0 Å². The lowest BCUT2D eigenvalue weighted by Crippen LogP contribution is -2.07. The van der Waals surface area contributed by atoms with Crippen molar-refractivity contribution >= 4 is 47.8 Å². The van der Waals surface area contributed by atoms with Crippen molar-refractivity contribution in [2.45, 2.75) is 11.8 Å². The van der Waals surface area contributed by atoms with Crippen LogP contribution in [0.15, 0.2) is 21.1 Å². The van der Waals surface area contributed by atoms with Crippen molar-refractivity contribution in [3.8, 4) is 5.75 Å². The lowest BCUT2D eigenvalue weighted by molar-refractivity contribution is 0.0643. The second-order valence-corrected chi connectivity index (χ2v) is 6.10. The van der Waals surface area contributed by atoms with Crippen LogP contribution in [0.25, 0.3) is 0 Å². The molecule has 0 radical (unpaired) electrons. The third-order valence-electron chi connectivity index (χ3n) is 2.32. The fourth-order valence-electron chi connectivity index (χ4n) is 1.41. The highest BCUT2D eigenvalue weighted by molar-refractivity contribution is 9.11. The van der Waals surface area contributed by atoms with Gasteiger partial charge in [0.2, 0.25) is 0 Å². The minimum absolute atomic E-state index is 0.623. The van der Waals surface area contributed by atoms with Crippen molar-refractivity contribution in [2.24, 2.45) is 0 Å². The molecule has 0 atom stereocenters. The lowest BCUT2D eigenvalue weighted by atomic mass is 10.2. The van der Waals surface area contributed by atoms with E-state index < -0.39 is 0 Å². The highest BCUT2D eigenvalue weighted by Gasteiger charge is 2.08.